The van der Waals surface area contributed by atoms with Crippen molar-refractivity contribution in [2.75, 3.05) is 16.0 Å². The molecule has 2 rings (SSSR count). The highest BCUT2D eigenvalue weighted by atomic mass is 79.9. The minimum absolute atomic E-state index is 0.00149. The SMILES string of the molecule is CCc1ccc(Nc2cc(C)ncn2)cc1NC(=O)CCBr. The molecule has 1 amide bonds. The van der Waals surface area contributed by atoms with Crippen molar-refractivity contribution in [1.82, 2.24) is 9.97 Å². The zero-order valence-corrected chi connectivity index (χ0v) is 14.3. The van der Waals surface area contributed by atoms with Crippen LogP contribution in [0, 0.1) is 6.92 Å². The van der Waals surface area contributed by atoms with Gasteiger partial charge in [0, 0.05) is 34.9 Å². The van der Waals surface area contributed by atoms with Crippen molar-refractivity contribution in [2.45, 2.75) is 26.7 Å². The third-order valence-corrected chi connectivity index (χ3v) is 3.56. The fourth-order valence-electron chi connectivity index (χ4n) is 2.05. The summed E-state index contributed by atoms with van der Waals surface area (Å²) in [5.41, 5.74) is 3.72. The molecule has 0 fully saturated rings. The smallest absolute Gasteiger partial charge is 0.225 e. The normalized spacial score (nSPS) is 10.3. The average molecular weight is 363 g/mol. The lowest BCUT2D eigenvalue weighted by Gasteiger charge is -2.13. The van der Waals surface area contributed by atoms with Gasteiger partial charge >= 0.3 is 0 Å². The third-order valence-electron chi connectivity index (χ3n) is 3.16. The molecule has 0 bridgehead atoms. The van der Waals surface area contributed by atoms with Crippen LogP contribution in [0.5, 0.6) is 0 Å². The Bertz CT molecular complexity index is 660. The quantitative estimate of drug-likeness (QED) is 0.766. The highest BCUT2D eigenvalue weighted by Crippen LogP contribution is 2.24. The van der Waals surface area contributed by atoms with Gasteiger partial charge in [0.15, 0.2) is 0 Å². The summed E-state index contributed by atoms with van der Waals surface area (Å²) in [5.74, 6) is 0.732. The number of aryl methyl sites for hydroxylation is 2. The number of rotatable bonds is 6. The molecule has 0 unspecified atom stereocenters. The molecule has 0 spiro atoms. The largest absolute Gasteiger partial charge is 0.340 e. The van der Waals surface area contributed by atoms with E-state index in [9.17, 15) is 4.79 Å². The minimum Gasteiger partial charge on any atom is -0.340 e. The van der Waals surface area contributed by atoms with Crippen LogP contribution < -0.4 is 10.6 Å². The van der Waals surface area contributed by atoms with Crippen LogP contribution >= 0.6 is 15.9 Å². The summed E-state index contributed by atoms with van der Waals surface area (Å²) in [4.78, 5) is 20.1. The summed E-state index contributed by atoms with van der Waals surface area (Å²) in [7, 11) is 0. The molecule has 0 aliphatic carbocycles. The summed E-state index contributed by atoms with van der Waals surface area (Å²) < 4.78 is 0. The van der Waals surface area contributed by atoms with E-state index in [1.807, 2.05) is 31.2 Å². The van der Waals surface area contributed by atoms with Gasteiger partial charge in [-0.25, -0.2) is 9.97 Å². The maximum atomic E-state index is 11.8. The van der Waals surface area contributed by atoms with E-state index in [1.54, 1.807) is 0 Å². The van der Waals surface area contributed by atoms with Crippen LogP contribution in [0.3, 0.4) is 0 Å². The predicted molar refractivity (Wildman–Crippen MR) is 92.9 cm³/mol. The van der Waals surface area contributed by atoms with E-state index in [1.165, 1.54) is 6.33 Å². The summed E-state index contributed by atoms with van der Waals surface area (Å²) in [5, 5.41) is 6.84. The lowest BCUT2D eigenvalue weighted by atomic mass is 10.1. The molecule has 0 radical (unpaired) electrons. The number of nitrogens with zero attached hydrogens (tertiary/aromatic N) is 2. The van der Waals surface area contributed by atoms with E-state index >= 15 is 0 Å². The van der Waals surface area contributed by atoms with Crippen LogP contribution in [-0.2, 0) is 11.2 Å². The van der Waals surface area contributed by atoms with Crippen molar-refractivity contribution in [2.24, 2.45) is 0 Å². The van der Waals surface area contributed by atoms with Gasteiger partial charge in [0.1, 0.15) is 12.1 Å². The molecule has 6 heteroatoms. The number of hydrogen-bond donors (Lipinski definition) is 2. The number of nitrogens with one attached hydrogen (secondary N) is 2. The van der Waals surface area contributed by atoms with Crippen LogP contribution in [0.15, 0.2) is 30.6 Å². The Balaban J connectivity index is 2.20. The van der Waals surface area contributed by atoms with Crippen LogP contribution in [0.2, 0.25) is 0 Å². The van der Waals surface area contributed by atoms with Crippen molar-refractivity contribution < 1.29 is 4.79 Å². The molecule has 22 heavy (non-hydrogen) atoms. The van der Waals surface area contributed by atoms with Gasteiger partial charge in [-0.3, -0.25) is 4.79 Å². The van der Waals surface area contributed by atoms with Gasteiger partial charge in [0.2, 0.25) is 5.91 Å². The van der Waals surface area contributed by atoms with Crippen LogP contribution in [0.4, 0.5) is 17.2 Å². The van der Waals surface area contributed by atoms with Crippen molar-refractivity contribution in [3.05, 3.63) is 41.9 Å². The van der Waals surface area contributed by atoms with Crippen LogP contribution in [0.25, 0.3) is 0 Å². The first-order chi connectivity index (χ1) is 10.6. The first-order valence-corrected chi connectivity index (χ1v) is 8.29. The van der Waals surface area contributed by atoms with E-state index in [0.717, 1.165) is 34.9 Å². The number of carbonyl (C=O) groups is 1. The molecule has 1 aromatic heterocycles. The lowest BCUT2D eigenvalue weighted by Crippen LogP contribution is -2.13. The number of aromatic nitrogens is 2. The van der Waals surface area contributed by atoms with Crippen molar-refractivity contribution in [1.29, 1.82) is 0 Å². The first kappa shape index (κ1) is 16.4. The molecule has 1 aromatic carbocycles. The highest BCUT2D eigenvalue weighted by Gasteiger charge is 2.07. The average Bonchev–Trinajstić information content (AvgIpc) is 2.48. The topological polar surface area (TPSA) is 66.9 Å². The number of alkyl halides is 1. The second-order valence-corrected chi connectivity index (χ2v) is 5.68. The van der Waals surface area contributed by atoms with E-state index in [2.05, 4.69) is 43.5 Å². The Morgan fingerprint density at radius 2 is 2.09 bits per heavy atom. The number of benzene rings is 1. The van der Waals surface area contributed by atoms with E-state index in [0.29, 0.717) is 11.8 Å². The number of carbonyl (C=O) groups excluding carboxylic acids is 1. The van der Waals surface area contributed by atoms with Crippen molar-refractivity contribution in [3.63, 3.8) is 0 Å². The third kappa shape index (κ3) is 4.53. The number of halogens is 1. The Kier molecular flexibility index (Phi) is 5.89. The van der Waals surface area contributed by atoms with Gasteiger partial charge in [-0.2, -0.15) is 0 Å². The standard InChI is InChI=1S/C16H19BrN4O/c1-3-12-4-5-13(9-14(12)21-16(22)6-7-17)20-15-8-11(2)18-10-19-15/h4-5,8-10H,3,6-7H2,1-2H3,(H,21,22)(H,18,19,20). The molecular weight excluding hydrogens is 344 g/mol. The molecule has 2 N–H and O–H groups in total. The molecule has 5 nitrogen and oxygen atoms in total. The number of hydrogen-bond acceptors (Lipinski definition) is 4. The van der Waals surface area contributed by atoms with E-state index < -0.39 is 0 Å². The highest BCUT2D eigenvalue weighted by molar-refractivity contribution is 9.09. The zero-order chi connectivity index (χ0) is 15.9. The van der Waals surface area contributed by atoms with Gasteiger partial charge in [-0.1, -0.05) is 28.9 Å². The minimum atomic E-state index is 0.00149. The van der Waals surface area contributed by atoms with E-state index in [4.69, 9.17) is 0 Å². The molecule has 1 heterocycles. The second-order valence-electron chi connectivity index (χ2n) is 4.88. The zero-order valence-electron chi connectivity index (χ0n) is 12.7. The van der Waals surface area contributed by atoms with Gasteiger partial charge in [0.25, 0.3) is 0 Å². The molecule has 0 atom stereocenters. The predicted octanol–water partition coefficient (Wildman–Crippen LogP) is 3.81. The van der Waals surface area contributed by atoms with Crippen molar-refractivity contribution >= 4 is 39.0 Å². The Morgan fingerprint density at radius 1 is 1.27 bits per heavy atom. The first-order valence-electron chi connectivity index (χ1n) is 7.16. The van der Waals surface area contributed by atoms with Gasteiger partial charge in [-0.15, -0.1) is 0 Å². The van der Waals surface area contributed by atoms with Gasteiger partial charge in [-0.05, 0) is 31.0 Å². The maximum Gasteiger partial charge on any atom is 0.225 e. The van der Waals surface area contributed by atoms with E-state index in [-0.39, 0.29) is 5.91 Å². The summed E-state index contributed by atoms with van der Waals surface area (Å²) in [6.07, 6.45) is 2.83. The van der Waals surface area contributed by atoms with Crippen LogP contribution in [0.1, 0.15) is 24.6 Å². The van der Waals surface area contributed by atoms with Gasteiger partial charge in [0.05, 0.1) is 0 Å². The van der Waals surface area contributed by atoms with Gasteiger partial charge < -0.3 is 10.6 Å². The Labute approximate surface area is 138 Å². The molecule has 2 aromatic rings. The molecule has 0 saturated carbocycles. The lowest BCUT2D eigenvalue weighted by molar-refractivity contribution is -0.115. The monoisotopic (exact) mass is 362 g/mol. The molecule has 0 aliphatic heterocycles. The summed E-state index contributed by atoms with van der Waals surface area (Å²) in [6, 6.07) is 7.80. The second kappa shape index (κ2) is 7.89. The Hall–Kier alpha value is -1.95. The molecule has 0 aliphatic rings. The summed E-state index contributed by atoms with van der Waals surface area (Å²) >= 11 is 3.28. The summed E-state index contributed by atoms with van der Waals surface area (Å²) in [6.45, 7) is 3.98. The maximum absolute atomic E-state index is 11.8. The number of amides is 1. The van der Waals surface area contributed by atoms with Crippen molar-refractivity contribution in [3.8, 4) is 0 Å². The molecular formula is C16H19BrN4O. The molecule has 0 saturated heterocycles. The Morgan fingerprint density at radius 3 is 2.77 bits per heavy atom. The fraction of sp³-hybridized carbons (Fsp3) is 0.312. The number of anilines is 3. The fourth-order valence-corrected chi connectivity index (χ4v) is 2.41. The molecule has 116 valence electrons. The van der Waals surface area contributed by atoms with Crippen LogP contribution in [-0.4, -0.2) is 21.2 Å².